The number of hydrogen-bond donors (Lipinski definition) is 1. The SMILES string of the molecule is CCN(CC)CC.O=S(=O)([O-])CCC[n+]1c(/C=C/C=C2/Sc3ccc4ccccc4c3N2CCCS(=O)(=O)O)sc2ccc3sccc3c21. The molecule has 0 saturated carbocycles. The molecule has 9 nitrogen and oxygen atoms in total. The molecule has 0 spiro atoms. The lowest BCUT2D eigenvalue weighted by Gasteiger charge is -2.21. The molecule has 262 valence electrons. The van der Waals surface area contributed by atoms with E-state index in [1.807, 2.05) is 41.8 Å². The van der Waals surface area contributed by atoms with Gasteiger partial charge < -0.3 is 14.4 Å². The highest BCUT2D eigenvalue weighted by Crippen LogP contribution is 2.49. The highest BCUT2D eigenvalue weighted by Gasteiger charge is 2.27. The van der Waals surface area contributed by atoms with Gasteiger partial charge in [0.25, 0.3) is 15.1 Å². The number of thiazole rings is 1. The highest BCUT2D eigenvalue weighted by molar-refractivity contribution is 8.03. The van der Waals surface area contributed by atoms with Crippen LogP contribution in [0.3, 0.4) is 0 Å². The second-order valence-corrected chi connectivity index (χ2v) is 17.6. The summed E-state index contributed by atoms with van der Waals surface area (Å²) in [5.41, 5.74) is 2.04. The molecule has 0 amide bonds. The van der Waals surface area contributed by atoms with E-state index in [1.54, 1.807) is 34.4 Å². The van der Waals surface area contributed by atoms with Crippen molar-refractivity contribution in [3.8, 4) is 0 Å². The molecule has 1 N–H and O–H groups in total. The van der Waals surface area contributed by atoms with E-state index in [-0.39, 0.29) is 18.6 Å². The van der Waals surface area contributed by atoms with Gasteiger partial charge in [-0.1, -0.05) is 80.3 Å². The zero-order valence-corrected chi connectivity index (χ0v) is 31.8. The molecule has 0 atom stereocenters. The Bertz CT molecular complexity index is 2200. The molecule has 2 aromatic heterocycles. The van der Waals surface area contributed by atoms with Gasteiger partial charge in [0.15, 0.2) is 6.54 Å². The average Bonchev–Trinajstić information content (AvgIpc) is 3.77. The van der Waals surface area contributed by atoms with Crippen LogP contribution in [-0.2, 0) is 26.8 Å². The molecule has 0 saturated heterocycles. The number of nitrogens with zero attached hydrogens (tertiary/aromatic N) is 3. The molecule has 0 aliphatic carbocycles. The van der Waals surface area contributed by atoms with Crippen LogP contribution in [0.4, 0.5) is 5.69 Å². The summed E-state index contributed by atoms with van der Waals surface area (Å²) in [5, 5.41) is 7.13. The largest absolute Gasteiger partial charge is 0.748 e. The number of rotatable bonds is 13. The van der Waals surface area contributed by atoms with Gasteiger partial charge >= 0.3 is 0 Å². The van der Waals surface area contributed by atoms with Gasteiger partial charge in [0.05, 0.1) is 32.0 Å². The molecule has 3 heterocycles. The van der Waals surface area contributed by atoms with Gasteiger partial charge in [-0.25, -0.2) is 8.42 Å². The van der Waals surface area contributed by atoms with Crippen molar-refractivity contribution in [3.63, 3.8) is 0 Å². The van der Waals surface area contributed by atoms with Crippen LogP contribution in [0, 0.1) is 0 Å². The number of allylic oxidation sites excluding steroid dienone is 2. The predicted molar refractivity (Wildman–Crippen MR) is 205 cm³/mol. The van der Waals surface area contributed by atoms with Gasteiger partial charge in [0.2, 0.25) is 5.52 Å². The number of thioether (sulfide) groups is 1. The number of hydrogen-bond acceptors (Lipinski definition) is 10. The van der Waals surface area contributed by atoms with Crippen molar-refractivity contribution < 1.29 is 30.5 Å². The molecular formula is C35H41N3O6S5. The summed E-state index contributed by atoms with van der Waals surface area (Å²) in [5.74, 6) is -0.749. The maximum atomic E-state index is 11.4. The first-order chi connectivity index (χ1) is 23.4. The number of fused-ring (bicyclic) bond motifs is 6. The molecular weight excluding hydrogens is 719 g/mol. The zero-order chi connectivity index (χ0) is 35.2. The fraction of sp³-hybridized carbons (Fsp3) is 0.343. The van der Waals surface area contributed by atoms with Crippen LogP contribution in [0.2, 0.25) is 0 Å². The molecule has 14 heteroatoms. The van der Waals surface area contributed by atoms with E-state index in [4.69, 9.17) is 0 Å². The predicted octanol–water partition coefficient (Wildman–Crippen LogP) is 7.58. The quantitative estimate of drug-likeness (QED) is 0.0957. The van der Waals surface area contributed by atoms with Gasteiger partial charge in [-0.15, -0.1) is 11.3 Å². The van der Waals surface area contributed by atoms with Crippen LogP contribution in [-0.4, -0.2) is 68.5 Å². The van der Waals surface area contributed by atoms with Crippen LogP contribution < -0.4 is 9.47 Å². The number of anilines is 1. The normalized spacial score (nSPS) is 14.5. The van der Waals surface area contributed by atoms with E-state index in [2.05, 4.69) is 71.5 Å². The van der Waals surface area contributed by atoms with Gasteiger partial charge in [0.1, 0.15) is 4.70 Å². The van der Waals surface area contributed by atoms with Gasteiger partial charge in [0, 0.05) is 39.8 Å². The molecule has 1 aliphatic rings. The minimum absolute atomic E-state index is 0.213. The van der Waals surface area contributed by atoms with E-state index in [0.717, 1.165) is 51.7 Å². The van der Waals surface area contributed by atoms with Crippen molar-refractivity contribution in [3.05, 3.63) is 82.2 Å². The second kappa shape index (κ2) is 16.5. The topological polar surface area (TPSA) is 122 Å². The number of thiophene rings is 1. The van der Waals surface area contributed by atoms with Crippen LogP contribution in [0.1, 0.15) is 38.6 Å². The van der Waals surface area contributed by atoms with Crippen LogP contribution >= 0.6 is 34.4 Å². The summed E-state index contributed by atoms with van der Waals surface area (Å²) in [7, 11) is -8.39. The van der Waals surface area contributed by atoms with Crippen molar-refractivity contribution in [2.24, 2.45) is 0 Å². The van der Waals surface area contributed by atoms with Gasteiger partial charge in [-0.05, 0) is 67.2 Å². The van der Waals surface area contributed by atoms with Crippen molar-refractivity contribution >= 4 is 97.5 Å². The highest BCUT2D eigenvalue weighted by atomic mass is 32.2. The summed E-state index contributed by atoms with van der Waals surface area (Å²) >= 11 is 4.84. The molecule has 6 rings (SSSR count). The third-order valence-corrected chi connectivity index (χ3v) is 13.0. The smallest absolute Gasteiger partial charge is 0.264 e. The molecule has 0 fully saturated rings. The fourth-order valence-electron chi connectivity index (χ4n) is 5.90. The number of aromatic nitrogens is 1. The average molecular weight is 760 g/mol. The van der Waals surface area contributed by atoms with Crippen molar-refractivity contribution in [1.29, 1.82) is 0 Å². The molecule has 0 radical (unpaired) electrons. The Morgan fingerprint density at radius 1 is 0.898 bits per heavy atom. The van der Waals surface area contributed by atoms with Gasteiger partial charge in [-0.2, -0.15) is 13.0 Å². The van der Waals surface area contributed by atoms with E-state index in [9.17, 15) is 25.9 Å². The Morgan fingerprint density at radius 3 is 2.33 bits per heavy atom. The number of aryl methyl sites for hydroxylation is 1. The Morgan fingerprint density at radius 2 is 1.63 bits per heavy atom. The monoisotopic (exact) mass is 759 g/mol. The lowest BCUT2D eigenvalue weighted by Crippen LogP contribution is -2.36. The van der Waals surface area contributed by atoms with Crippen LogP contribution in [0.15, 0.2) is 82.1 Å². The summed E-state index contributed by atoms with van der Waals surface area (Å²) in [4.78, 5) is 5.54. The van der Waals surface area contributed by atoms with Gasteiger partial charge in [-0.3, -0.25) is 4.55 Å². The molecule has 0 unspecified atom stereocenters. The summed E-state index contributed by atoms with van der Waals surface area (Å²) in [6, 6.07) is 18.4. The minimum atomic E-state index is -4.32. The molecule has 5 aromatic rings. The van der Waals surface area contributed by atoms with Crippen molar-refractivity contribution in [2.45, 2.75) is 45.1 Å². The van der Waals surface area contributed by atoms with E-state index in [0.29, 0.717) is 13.1 Å². The fourth-order valence-corrected chi connectivity index (χ4v) is 9.90. The Balaban J connectivity index is 0.000000606. The first-order valence-corrected chi connectivity index (χ1v) is 21.9. The van der Waals surface area contributed by atoms with E-state index in [1.165, 1.54) is 19.6 Å². The van der Waals surface area contributed by atoms with E-state index < -0.39 is 26.0 Å². The van der Waals surface area contributed by atoms with Crippen LogP contribution in [0.5, 0.6) is 0 Å². The standard InChI is InChI=1S/C29H26N2O6S5.C6H15N/c32-41(33,34)18-4-15-30-26(39-24-11-10-20-6-1-2-7-21(20)28(24)30)8-3-9-27-31(16-5-19-42(35,36)37)29-22-14-17-38-23(22)12-13-25(29)40-27;1-4-7(5-2)6-3/h1-3,6-14,17H,4-5,15-16,18-19H2,(H-,32,33,34,35,36,37);4-6H2,1-3H3. The second-order valence-electron chi connectivity index (χ2n) is 11.5. The Kier molecular flexibility index (Phi) is 12.6. The minimum Gasteiger partial charge on any atom is -0.748 e. The summed E-state index contributed by atoms with van der Waals surface area (Å²) in [6.07, 6.45) is 6.40. The van der Waals surface area contributed by atoms with Crippen molar-refractivity contribution in [2.75, 3.05) is 42.6 Å². The summed E-state index contributed by atoms with van der Waals surface area (Å²) < 4.78 is 70.3. The van der Waals surface area contributed by atoms with Crippen LogP contribution in [0.25, 0.3) is 37.2 Å². The maximum absolute atomic E-state index is 11.4. The number of benzene rings is 3. The molecule has 3 aromatic carbocycles. The third-order valence-electron chi connectivity index (χ3n) is 8.31. The molecule has 49 heavy (non-hydrogen) atoms. The zero-order valence-electron chi connectivity index (χ0n) is 27.7. The van der Waals surface area contributed by atoms with E-state index >= 15 is 0 Å². The Hall–Kier alpha value is -2.82. The third kappa shape index (κ3) is 9.50. The maximum Gasteiger partial charge on any atom is 0.264 e. The Labute approximate surface area is 301 Å². The lowest BCUT2D eigenvalue weighted by molar-refractivity contribution is -0.667. The van der Waals surface area contributed by atoms with Crippen molar-refractivity contribution in [1.82, 2.24) is 4.90 Å². The first kappa shape index (κ1) is 37.4. The lowest BCUT2D eigenvalue weighted by atomic mass is 10.1. The molecule has 1 aliphatic heterocycles. The summed E-state index contributed by atoms with van der Waals surface area (Å²) in [6.45, 7) is 10.9. The first-order valence-electron chi connectivity index (χ1n) is 16.2. The molecule has 0 bridgehead atoms.